The maximum Gasteiger partial charge on any atom is 0.180 e. The lowest BCUT2D eigenvalue weighted by Gasteiger charge is -2.00. The summed E-state index contributed by atoms with van der Waals surface area (Å²) in [6.07, 6.45) is 3.12. The Morgan fingerprint density at radius 1 is 1.29 bits per heavy atom. The van der Waals surface area contributed by atoms with Crippen molar-refractivity contribution < 1.29 is 0 Å². The average Bonchev–Trinajstić information content (AvgIpc) is 2.46. The van der Waals surface area contributed by atoms with E-state index >= 15 is 0 Å². The molecule has 14 heavy (non-hydrogen) atoms. The highest BCUT2D eigenvalue weighted by atomic mass is 15.3. The predicted octanol–water partition coefficient (Wildman–Crippen LogP) is 0.163. The van der Waals surface area contributed by atoms with E-state index in [-0.39, 0.29) is 0 Å². The third kappa shape index (κ3) is 1.30. The van der Waals surface area contributed by atoms with E-state index in [1.807, 2.05) is 6.92 Å². The molecule has 6 heteroatoms. The van der Waals surface area contributed by atoms with Crippen LogP contribution >= 0.6 is 0 Å². The second-order valence-electron chi connectivity index (χ2n) is 2.90. The van der Waals surface area contributed by atoms with Crippen molar-refractivity contribution in [1.29, 1.82) is 0 Å². The van der Waals surface area contributed by atoms with Gasteiger partial charge < -0.3 is 5.73 Å². The molecule has 0 aromatic carbocycles. The monoisotopic (exact) mass is 190 g/mol. The lowest BCUT2D eigenvalue weighted by molar-refractivity contribution is 0.761. The molecule has 2 heterocycles. The Labute approximate surface area is 80.8 Å². The highest BCUT2D eigenvalue weighted by Gasteiger charge is 2.11. The van der Waals surface area contributed by atoms with Gasteiger partial charge in [0.1, 0.15) is 11.5 Å². The van der Waals surface area contributed by atoms with Crippen LogP contribution in [0.5, 0.6) is 0 Å². The number of hydrogen-bond acceptors (Lipinski definition) is 5. The normalized spacial score (nSPS) is 10.4. The van der Waals surface area contributed by atoms with Crippen LogP contribution in [-0.2, 0) is 7.05 Å². The van der Waals surface area contributed by atoms with Gasteiger partial charge in [0.05, 0.1) is 0 Å². The lowest BCUT2D eigenvalue weighted by atomic mass is 10.4. The number of nitrogen functional groups attached to an aromatic ring is 1. The summed E-state index contributed by atoms with van der Waals surface area (Å²) in [5.74, 6) is 1.68. The fourth-order valence-electron chi connectivity index (χ4n) is 1.24. The highest BCUT2D eigenvalue weighted by molar-refractivity contribution is 5.62. The van der Waals surface area contributed by atoms with E-state index < -0.39 is 0 Å². The molecule has 0 bridgehead atoms. The van der Waals surface area contributed by atoms with E-state index in [1.165, 1.54) is 0 Å². The van der Waals surface area contributed by atoms with Gasteiger partial charge in [-0.15, -0.1) is 0 Å². The number of rotatable bonds is 1. The number of aryl methyl sites for hydroxylation is 2. The summed E-state index contributed by atoms with van der Waals surface area (Å²) >= 11 is 0. The van der Waals surface area contributed by atoms with E-state index in [2.05, 4.69) is 20.1 Å². The Kier molecular flexibility index (Phi) is 1.88. The fraction of sp³-hybridized carbons (Fsp3) is 0.250. The maximum absolute atomic E-state index is 5.68. The molecule has 0 spiro atoms. The molecule has 0 fully saturated rings. The van der Waals surface area contributed by atoms with Gasteiger partial charge in [-0.25, -0.2) is 19.6 Å². The van der Waals surface area contributed by atoms with E-state index in [9.17, 15) is 0 Å². The van der Waals surface area contributed by atoms with Crippen LogP contribution in [0, 0.1) is 6.92 Å². The molecule has 2 aromatic heterocycles. The maximum atomic E-state index is 5.68. The average molecular weight is 190 g/mol. The van der Waals surface area contributed by atoms with Crippen LogP contribution < -0.4 is 5.73 Å². The second-order valence-corrected chi connectivity index (χ2v) is 2.90. The number of hydrogen-bond donors (Lipinski definition) is 1. The first-order valence-corrected chi connectivity index (χ1v) is 4.13. The van der Waals surface area contributed by atoms with Crippen molar-refractivity contribution in [3.8, 4) is 11.5 Å². The Morgan fingerprint density at radius 3 is 2.57 bits per heavy atom. The van der Waals surface area contributed by atoms with Gasteiger partial charge in [0.25, 0.3) is 0 Å². The molecule has 0 aliphatic heterocycles. The molecule has 0 saturated carbocycles. The molecular weight excluding hydrogens is 180 g/mol. The summed E-state index contributed by atoms with van der Waals surface area (Å²) in [4.78, 5) is 12.3. The molecule has 2 N–H and O–H groups in total. The van der Waals surface area contributed by atoms with Gasteiger partial charge in [-0.2, -0.15) is 5.10 Å². The minimum absolute atomic E-state index is 0.364. The largest absolute Gasteiger partial charge is 0.382 e. The van der Waals surface area contributed by atoms with Crippen LogP contribution in [0.25, 0.3) is 11.5 Å². The molecule has 0 atom stereocenters. The SMILES string of the molecule is Cc1nc(-c2nccnc2N)n(C)n1. The molecule has 0 aliphatic rings. The smallest absolute Gasteiger partial charge is 0.180 e. The molecule has 0 unspecified atom stereocenters. The molecular formula is C8H10N6. The van der Waals surface area contributed by atoms with Crippen molar-refractivity contribution in [2.75, 3.05) is 5.73 Å². The Morgan fingerprint density at radius 2 is 2.00 bits per heavy atom. The highest BCUT2D eigenvalue weighted by Crippen LogP contribution is 2.17. The summed E-state index contributed by atoms with van der Waals surface area (Å²) in [7, 11) is 1.80. The van der Waals surface area contributed by atoms with Gasteiger partial charge in [-0.05, 0) is 6.92 Å². The van der Waals surface area contributed by atoms with Gasteiger partial charge in [-0.3, -0.25) is 0 Å². The molecule has 2 rings (SSSR count). The van der Waals surface area contributed by atoms with Crippen LogP contribution in [0.3, 0.4) is 0 Å². The van der Waals surface area contributed by atoms with Crippen LogP contribution in [0.15, 0.2) is 12.4 Å². The number of anilines is 1. The van der Waals surface area contributed by atoms with E-state index in [4.69, 9.17) is 5.73 Å². The van der Waals surface area contributed by atoms with Crippen molar-refractivity contribution in [2.45, 2.75) is 6.92 Å². The van der Waals surface area contributed by atoms with Crippen LogP contribution in [0.2, 0.25) is 0 Å². The topological polar surface area (TPSA) is 82.5 Å². The Bertz CT molecular complexity index is 461. The molecule has 0 radical (unpaired) electrons. The second kappa shape index (κ2) is 3.06. The summed E-state index contributed by atoms with van der Waals surface area (Å²) in [5.41, 5.74) is 6.24. The van der Waals surface area contributed by atoms with Gasteiger partial charge in [0, 0.05) is 19.4 Å². The third-order valence-electron chi connectivity index (χ3n) is 1.81. The number of aromatic nitrogens is 5. The van der Waals surface area contributed by atoms with Crippen molar-refractivity contribution in [3.63, 3.8) is 0 Å². The first-order valence-electron chi connectivity index (χ1n) is 4.13. The third-order valence-corrected chi connectivity index (χ3v) is 1.81. The molecule has 6 nitrogen and oxygen atoms in total. The molecule has 72 valence electrons. The van der Waals surface area contributed by atoms with Crippen molar-refractivity contribution in [1.82, 2.24) is 24.7 Å². The quantitative estimate of drug-likeness (QED) is 0.692. The van der Waals surface area contributed by atoms with Crippen LogP contribution in [-0.4, -0.2) is 24.7 Å². The molecule has 0 saturated heterocycles. The van der Waals surface area contributed by atoms with E-state index in [0.29, 0.717) is 23.2 Å². The molecule has 0 aliphatic carbocycles. The van der Waals surface area contributed by atoms with Crippen LogP contribution in [0.4, 0.5) is 5.82 Å². The minimum Gasteiger partial charge on any atom is -0.382 e. The standard InChI is InChI=1S/C8H10N6/c1-5-12-8(14(2)13-5)6-7(9)11-4-3-10-6/h3-4H,1-2H3,(H2,9,11). The lowest BCUT2D eigenvalue weighted by Crippen LogP contribution is -2.01. The van der Waals surface area contributed by atoms with Crippen molar-refractivity contribution in [3.05, 3.63) is 18.2 Å². The zero-order valence-corrected chi connectivity index (χ0v) is 7.97. The molecule has 0 amide bonds. The van der Waals surface area contributed by atoms with Crippen LogP contribution in [0.1, 0.15) is 5.82 Å². The summed E-state index contributed by atoms with van der Waals surface area (Å²) < 4.78 is 1.63. The number of nitrogens with two attached hydrogens (primary N) is 1. The minimum atomic E-state index is 0.364. The Hall–Kier alpha value is -1.98. The van der Waals surface area contributed by atoms with E-state index in [0.717, 1.165) is 0 Å². The summed E-state index contributed by atoms with van der Waals surface area (Å²) in [6.45, 7) is 1.82. The first kappa shape index (κ1) is 8.61. The van der Waals surface area contributed by atoms with Crippen molar-refractivity contribution >= 4 is 5.82 Å². The zero-order chi connectivity index (χ0) is 10.1. The number of nitrogens with zero attached hydrogens (tertiary/aromatic N) is 5. The zero-order valence-electron chi connectivity index (χ0n) is 7.97. The van der Waals surface area contributed by atoms with Gasteiger partial charge in [0.15, 0.2) is 11.6 Å². The van der Waals surface area contributed by atoms with Gasteiger partial charge >= 0.3 is 0 Å². The fourth-order valence-corrected chi connectivity index (χ4v) is 1.24. The predicted molar refractivity (Wildman–Crippen MR) is 51.2 cm³/mol. The first-order chi connectivity index (χ1) is 6.68. The van der Waals surface area contributed by atoms with Crippen molar-refractivity contribution in [2.24, 2.45) is 7.05 Å². The van der Waals surface area contributed by atoms with Gasteiger partial charge in [0.2, 0.25) is 0 Å². The van der Waals surface area contributed by atoms with Gasteiger partial charge in [-0.1, -0.05) is 0 Å². The summed E-state index contributed by atoms with van der Waals surface area (Å²) in [6, 6.07) is 0. The Balaban J connectivity index is 2.60. The molecule has 2 aromatic rings. The summed E-state index contributed by atoms with van der Waals surface area (Å²) in [5, 5.41) is 4.11. The van der Waals surface area contributed by atoms with E-state index in [1.54, 1.807) is 24.1 Å².